The Labute approximate surface area is 159 Å². The lowest BCUT2D eigenvalue weighted by molar-refractivity contribution is -0.118. The highest BCUT2D eigenvalue weighted by atomic mass is 35.5. The van der Waals surface area contributed by atoms with Gasteiger partial charge in [-0.3, -0.25) is 10.2 Å². The van der Waals surface area contributed by atoms with E-state index in [-0.39, 0.29) is 17.6 Å². The number of thiocarbonyl (C=S) groups is 1. The van der Waals surface area contributed by atoms with Crippen molar-refractivity contribution in [2.45, 2.75) is 0 Å². The number of nitrogens with one attached hydrogen (secondary N) is 2. The van der Waals surface area contributed by atoms with Gasteiger partial charge in [-0.1, -0.05) is 23.2 Å². The summed E-state index contributed by atoms with van der Waals surface area (Å²) in [4.78, 5) is 11.9. The predicted octanol–water partition coefficient (Wildman–Crippen LogP) is 3.18. The quantitative estimate of drug-likeness (QED) is 0.396. The van der Waals surface area contributed by atoms with Crippen molar-refractivity contribution in [3.05, 3.63) is 58.1 Å². The molecule has 9 heteroatoms. The van der Waals surface area contributed by atoms with E-state index in [0.29, 0.717) is 21.5 Å². The van der Waals surface area contributed by atoms with Crippen LogP contribution < -0.4 is 21.2 Å². The fourth-order valence-electron chi connectivity index (χ4n) is 1.75. The maximum Gasteiger partial charge on any atom is 0.262 e. The Hall–Kier alpha value is -2.35. The summed E-state index contributed by atoms with van der Waals surface area (Å²) in [6.45, 7) is -0.167. The maximum atomic E-state index is 11.9. The van der Waals surface area contributed by atoms with Gasteiger partial charge in [-0.05, 0) is 60.2 Å². The highest BCUT2D eigenvalue weighted by Crippen LogP contribution is 2.25. The Balaban J connectivity index is 1.86. The van der Waals surface area contributed by atoms with Gasteiger partial charge in [-0.25, -0.2) is 0 Å². The van der Waals surface area contributed by atoms with E-state index in [1.165, 1.54) is 0 Å². The molecule has 0 aromatic heterocycles. The molecule has 25 heavy (non-hydrogen) atoms. The minimum absolute atomic E-state index is 0.0852. The lowest BCUT2D eigenvalue weighted by atomic mass is 10.2. The van der Waals surface area contributed by atoms with Crippen molar-refractivity contribution < 1.29 is 9.53 Å². The van der Waals surface area contributed by atoms with Crippen LogP contribution in [0, 0.1) is 0 Å². The number of hydrazone groups is 1. The second-order valence-electron chi connectivity index (χ2n) is 4.76. The van der Waals surface area contributed by atoms with Crippen molar-refractivity contribution in [1.29, 1.82) is 0 Å². The van der Waals surface area contributed by atoms with Crippen LogP contribution >= 0.6 is 35.4 Å². The molecule has 2 rings (SSSR count). The Bertz CT molecular complexity index is 797. The summed E-state index contributed by atoms with van der Waals surface area (Å²) in [5.41, 5.74) is 8.95. The second kappa shape index (κ2) is 9.22. The van der Waals surface area contributed by atoms with E-state index in [4.69, 9.17) is 33.7 Å². The van der Waals surface area contributed by atoms with Crippen molar-refractivity contribution in [3.8, 4) is 5.75 Å². The zero-order valence-corrected chi connectivity index (χ0v) is 15.2. The second-order valence-corrected chi connectivity index (χ2v) is 6.05. The molecule has 0 saturated carbocycles. The van der Waals surface area contributed by atoms with Crippen LogP contribution in [0.25, 0.3) is 0 Å². The van der Waals surface area contributed by atoms with Crippen molar-refractivity contribution in [2.24, 2.45) is 10.8 Å². The van der Waals surface area contributed by atoms with Gasteiger partial charge in [0, 0.05) is 5.02 Å². The fraction of sp³-hybridized carbons (Fsp3) is 0.0625. The van der Waals surface area contributed by atoms with Gasteiger partial charge in [0.2, 0.25) is 0 Å². The third kappa shape index (κ3) is 6.58. The summed E-state index contributed by atoms with van der Waals surface area (Å²) < 4.78 is 5.42. The van der Waals surface area contributed by atoms with Gasteiger partial charge in [-0.15, -0.1) is 0 Å². The molecule has 0 heterocycles. The predicted molar refractivity (Wildman–Crippen MR) is 105 cm³/mol. The van der Waals surface area contributed by atoms with Gasteiger partial charge in [0.25, 0.3) is 5.91 Å². The van der Waals surface area contributed by atoms with E-state index in [0.717, 1.165) is 5.56 Å². The minimum atomic E-state index is -0.351. The third-order valence-corrected chi connectivity index (χ3v) is 3.50. The molecule has 0 atom stereocenters. The molecule has 6 nitrogen and oxygen atoms in total. The molecule has 0 aliphatic carbocycles. The summed E-state index contributed by atoms with van der Waals surface area (Å²) >= 11 is 16.5. The van der Waals surface area contributed by atoms with Crippen LogP contribution in [-0.4, -0.2) is 23.8 Å². The molecule has 130 valence electrons. The largest absolute Gasteiger partial charge is 0.484 e. The molecular weight excluding hydrogens is 383 g/mol. The Morgan fingerprint density at radius 3 is 2.64 bits per heavy atom. The summed E-state index contributed by atoms with van der Waals surface area (Å²) in [6.07, 6.45) is 1.55. The molecule has 0 spiro atoms. The van der Waals surface area contributed by atoms with Gasteiger partial charge >= 0.3 is 0 Å². The monoisotopic (exact) mass is 396 g/mol. The van der Waals surface area contributed by atoms with Gasteiger partial charge < -0.3 is 15.8 Å². The van der Waals surface area contributed by atoms with E-state index >= 15 is 0 Å². The van der Waals surface area contributed by atoms with Crippen LogP contribution in [0.4, 0.5) is 5.69 Å². The number of hydrogen-bond donors (Lipinski definition) is 3. The number of nitrogens with zero attached hydrogens (tertiary/aromatic N) is 1. The number of halogens is 2. The first-order valence-corrected chi connectivity index (χ1v) is 8.17. The average molecular weight is 397 g/mol. The lowest BCUT2D eigenvalue weighted by Crippen LogP contribution is -2.23. The molecule has 0 unspecified atom stereocenters. The van der Waals surface area contributed by atoms with Crippen LogP contribution in [0.5, 0.6) is 5.75 Å². The van der Waals surface area contributed by atoms with E-state index in [2.05, 4.69) is 28.1 Å². The molecule has 0 radical (unpaired) electrons. The molecule has 0 saturated heterocycles. The van der Waals surface area contributed by atoms with Gasteiger partial charge in [0.15, 0.2) is 11.7 Å². The van der Waals surface area contributed by atoms with Crippen LogP contribution in [-0.2, 0) is 4.79 Å². The molecular formula is C16H14Cl2N4O2S. The van der Waals surface area contributed by atoms with Crippen LogP contribution in [0.3, 0.4) is 0 Å². The topological polar surface area (TPSA) is 88.7 Å². The zero-order chi connectivity index (χ0) is 18.2. The van der Waals surface area contributed by atoms with Crippen molar-refractivity contribution >= 4 is 58.3 Å². The lowest BCUT2D eigenvalue weighted by Gasteiger charge is -2.09. The van der Waals surface area contributed by atoms with E-state index in [9.17, 15) is 4.79 Å². The first-order chi connectivity index (χ1) is 11.9. The van der Waals surface area contributed by atoms with E-state index in [1.54, 1.807) is 48.7 Å². The SMILES string of the molecule is NC(=S)N/N=C\c1ccc(OCC(=O)Nc2cc(Cl)ccc2Cl)cc1. The van der Waals surface area contributed by atoms with Crippen LogP contribution in [0.2, 0.25) is 10.0 Å². The number of amides is 1. The minimum Gasteiger partial charge on any atom is -0.484 e. The van der Waals surface area contributed by atoms with Crippen molar-refractivity contribution in [1.82, 2.24) is 5.43 Å². The number of hydrogen-bond acceptors (Lipinski definition) is 4. The van der Waals surface area contributed by atoms with Gasteiger partial charge in [0.05, 0.1) is 16.9 Å². The number of anilines is 1. The van der Waals surface area contributed by atoms with Gasteiger partial charge in [-0.2, -0.15) is 5.10 Å². The van der Waals surface area contributed by atoms with E-state index in [1.807, 2.05) is 0 Å². The average Bonchev–Trinajstić information content (AvgIpc) is 2.57. The van der Waals surface area contributed by atoms with Crippen molar-refractivity contribution in [3.63, 3.8) is 0 Å². The Morgan fingerprint density at radius 2 is 1.96 bits per heavy atom. The molecule has 0 aliphatic heterocycles. The molecule has 2 aromatic rings. The smallest absolute Gasteiger partial charge is 0.262 e. The molecule has 0 bridgehead atoms. The number of carbonyl (C=O) groups is 1. The molecule has 0 aliphatic rings. The summed E-state index contributed by atoms with van der Waals surface area (Å²) in [5, 5.41) is 7.43. The number of nitrogens with two attached hydrogens (primary N) is 1. The van der Waals surface area contributed by atoms with Crippen molar-refractivity contribution in [2.75, 3.05) is 11.9 Å². The highest BCUT2D eigenvalue weighted by Gasteiger charge is 2.07. The Morgan fingerprint density at radius 1 is 1.24 bits per heavy atom. The molecule has 2 aromatic carbocycles. The zero-order valence-electron chi connectivity index (χ0n) is 12.8. The number of benzene rings is 2. The van der Waals surface area contributed by atoms with Crippen LogP contribution in [0.1, 0.15) is 5.56 Å². The maximum absolute atomic E-state index is 11.9. The molecule has 4 N–H and O–H groups in total. The number of rotatable bonds is 6. The third-order valence-electron chi connectivity index (χ3n) is 2.84. The summed E-state index contributed by atoms with van der Waals surface area (Å²) in [6, 6.07) is 11.8. The van der Waals surface area contributed by atoms with E-state index < -0.39 is 0 Å². The highest BCUT2D eigenvalue weighted by molar-refractivity contribution is 7.80. The fourth-order valence-corrected chi connectivity index (χ4v) is 2.14. The van der Waals surface area contributed by atoms with Gasteiger partial charge in [0.1, 0.15) is 5.75 Å². The first kappa shape index (κ1) is 19.0. The summed E-state index contributed by atoms with van der Waals surface area (Å²) in [7, 11) is 0. The molecule has 1 amide bonds. The number of ether oxygens (including phenoxy) is 1. The normalized spacial score (nSPS) is 10.5. The number of carbonyl (C=O) groups excluding carboxylic acids is 1. The molecule has 0 fully saturated rings. The first-order valence-electron chi connectivity index (χ1n) is 7.00. The van der Waals surface area contributed by atoms with Crippen LogP contribution in [0.15, 0.2) is 47.6 Å². The Kier molecular flexibility index (Phi) is 7.00. The standard InChI is InChI=1S/C16H14Cl2N4O2S/c17-11-3-6-13(18)14(7-11)21-15(23)9-24-12-4-1-10(2-5-12)8-20-22-16(19)25/h1-8H,9H2,(H,21,23)(H3,19,22,25)/b20-8-. The summed E-state index contributed by atoms with van der Waals surface area (Å²) in [5.74, 6) is 0.183.